The minimum atomic E-state index is -0.891. The summed E-state index contributed by atoms with van der Waals surface area (Å²) in [5.74, 6) is -1.20. The number of methoxy groups -OCH3 is 1. The number of rotatable bonds is 5. The maximum Gasteiger partial charge on any atom is 0.307 e. The summed E-state index contributed by atoms with van der Waals surface area (Å²) in [6.45, 7) is 1.87. The van der Waals surface area contributed by atoms with E-state index in [1.54, 1.807) is 7.11 Å². The second kappa shape index (κ2) is 5.30. The smallest absolute Gasteiger partial charge is 0.307 e. The van der Waals surface area contributed by atoms with Crippen molar-refractivity contribution < 1.29 is 19.4 Å². The quantitative estimate of drug-likeness (QED) is 0.846. The number of hydrogen-bond acceptors (Lipinski definition) is 3. The molecule has 1 aliphatic rings. The molecule has 2 unspecified atom stereocenters. The Morgan fingerprint density at radius 3 is 2.42 bits per heavy atom. The Kier molecular flexibility index (Phi) is 3.74. The molecule has 19 heavy (non-hydrogen) atoms. The minimum absolute atomic E-state index is 0.145. The SMILES string of the molecule is COc1ccc([C@@H](C)NC(=O)C2CC2C(=O)O)cc1. The van der Waals surface area contributed by atoms with Gasteiger partial charge in [-0.25, -0.2) is 0 Å². The summed E-state index contributed by atoms with van der Waals surface area (Å²) in [5.41, 5.74) is 0.960. The first-order chi connectivity index (χ1) is 9.02. The molecule has 0 aliphatic heterocycles. The summed E-state index contributed by atoms with van der Waals surface area (Å²) in [4.78, 5) is 22.5. The average molecular weight is 263 g/mol. The van der Waals surface area contributed by atoms with Gasteiger partial charge in [0, 0.05) is 0 Å². The lowest BCUT2D eigenvalue weighted by atomic mass is 10.1. The number of carbonyl (C=O) groups is 2. The summed E-state index contributed by atoms with van der Waals surface area (Å²) < 4.78 is 5.07. The highest BCUT2D eigenvalue weighted by atomic mass is 16.5. The molecule has 3 atom stereocenters. The number of hydrogen-bond donors (Lipinski definition) is 2. The molecule has 0 aromatic heterocycles. The largest absolute Gasteiger partial charge is 0.497 e. The van der Waals surface area contributed by atoms with E-state index in [1.165, 1.54) is 0 Å². The molecular formula is C14H17NO4. The van der Waals surface area contributed by atoms with Crippen LogP contribution in [0.15, 0.2) is 24.3 Å². The van der Waals surface area contributed by atoms with Gasteiger partial charge in [-0.2, -0.15) is 0 Å². The molecule has 0 radical (unpaired) electrons. The fourth-order valence-electron chi connectivity index (χ4n) is 2.05. The van der Waals surface area contributed by atoms with E-state index in [2.05, 4.69) is 5.32 Å². The zero-order chi connectivity index (χ0) is 14.0. The topological polar surface area (TPSA) is 75.6 Å². The van der Waals surface area contributed by atoms with Gasteiger partial charge >= 0.3 is 5.97 Å². The van der Waals surface area contributed by atoms with Crippen LogP contribution in [0.3, 0.4) is 0 Å². The van der Waals surface area contributed by atoms with Crippen molar-refractivity contribution in [2.75, 3.05) is 7.11 Å². The van der Waals surface area contributed by atoms with Gasteiger partial charge in [-0.3, -0.25) is 9.59 Å². The number of aliphatic carboxylic acids is 1. The summed E-state index contributed by atoms with van der Waals surface area (Å²) in [7, 11) is 1.60. The third kappa shape index (κ3) is 3.05. The molecule has 0 bridgehead atoms. The van der Waals surface area contributed by atoms with Crippen molar-refractivity contribution in [1.82, 2.24) is 5.32 Å². The van der Waals surface area contributed by atoms with E-state index in [-0.39, 0.29) is 17.9 Å². The Bertz CT molecular complexity index is 483. The molecule has 1 saturated carbocycles. The Labute approximate surface area is 111 Å². The zero-order valence-corrected chi connectivity index (χ0v) is 10.9. The Morgan fingerprint density at radius 1 is 1.32 bits per heavy atom. The first-order valence-corrected chi connectivity index (χ1v) is 6.20. The van der Waals surface area contributed by atoms with Crippen molar-refractivity contribution in [3.05, 3.63) is 29.8 Å². The standard InChI is InChI=1S/C14H17NO4/c1-8(9-3-5-10(19-2)6-4-9)15-13(16)11-7-12(11)14(17)18/h3-6,8,11-12H,7H2,1-2H3,(H,15,16)(H,17,18)/t8-,11?,12?/m1/s1. The van der Waals surface area contributed by atoms with Crippen LogP contribution in [0.5, 0.6) is 5.75 Å². The van der Waals surface area contributed by atoms with Crippen LogP contribution in [0, 0.1) is 11.8 Å². The van der Waals surface area contributed by atoms with Crippen molar-refractivity contribution in [2.45, 2.75) is 19.4 Å². The first-order valence-electron chi connectivity index (χ1n) is 6.20. The van der Waals surface area contributed by atoms with E-state index in [0.29, 0.717) is 6.42 Å². The number of nitrogens with one attached hydrogen (secondary N) is 1. The third-order valence-corrected chi connectivity index (χ3v) is 3.42. The van der Waals surface area contributed by atoms with Gasteiger partial charge in [0.1, 0.15) is 5.75 Å². The molecule has 1 amide bonds. The van der Waals surface area contributed by atoms with Crippen molar-refractivity contribution in [3.63, 3.8) is 0 Å². The summed E-state index contributed by atoms with van der Waals surface area (Å²) in [6.07, 6.45) is 0.441. The van der Waals surface area contributed by atoms with Crippen LogP contribution in [0.1, 0.15) is 24.9 Å². The van der Waals surface area contributed by atoms with E-state index < -0.39 is 11.9 Å². The highest BCUT2D eigenvalue weighted by Crippen LogP contribution is 2.39. The molecule has 0 heterocycles. The lowest BCUT2D eigenvalue weighted by molar-refractivity contribution is -0.140. The van der Waals surface area contributed by atoms with Crippen molar-refractivity contribution >= 4 is 11.9 Å². The van der Waals surface area contributed by atoms with E-state index in [4.69, 9.17) is 9.84 Å². The van der Waals surface area contributed by atoms with Crippen LogP contribution in [0.4, 0.5) is 0 Å². The van der Waals surface area contributed by atoms with E-state index in [0.717, 1.165) is 11.3 Å². The number of benzene rings is 1. The maximum absolute atomic E-state index is 11.8. The molecule has 5 nitrogen and oxygen atoms in total. The molecule has 102 valence electrons. The summed E-state index contributed by atoms with van der Waals surface area (Å²) in [6, 6.07) is 7.27. The molecule has 1 aliphatic carbocycles. The van der Waals surface area contributed by atoms with Crippen LogP contribution in [0.2, 0.25) is 0 Å². The van der Waals surface area contributed by atoms with Gasteiger partial charge in [0.05, 0.1) is 25.0 Å². The predicted octanol–water partition coefficient (Wildman–Crippen LogP) is 1.59. The van der Waals surface area contributed by atoms with Gasteiger partial charge in [-0.05, 0) is 31.0 Å². The summed E-state index contributed by atoms with van der Waals surface area (Å²) >= 11 is 0. The fourth-order valence-corrected chi connectivity index (χ4v) is 2.05. The van der Waals surface area contributed by atoms with Gasteiger partial charge < -0.3 is 15.2 Å². The lowest BCUT2D eigenvalue weighted by Crippen LogP contribution is -2.29. The molecule has 5 heteroatoms. The van der Waals surface area contributed by atoms with E-state index in [1.807, 2.05) is 31.2 Å². The number of carbonyl (C=O) groups excluding carboxylic acids is 1. The lowest BCUT2D eigenvalue weighted by Gasteiger charge is -2.14. The van der Waals surface area contributed by atoms with Crippen molar-refractivity contribution in [2.24, 2.45) is 11.8 Å². The molecular weight excluding hydrogens is 246 g/mol. The van der Waals surface area contributed by atoms with Crippen LogP contribution in [-0.4, -0.2) is 24.1 Å². The normalized spacial score (nSPS) is 22.4. The van der Waals surface area contributed by atoms with Crippen LogP contribution in [-0.2, 0) is 9.59 Å². The van der Waals surface area contributed by atoms with Crippen molar-refractivity contribution in [3.8, 4) is 5.75 Å². The zero-order valence-electron chi connectivity index (χ0n) is 10.9. The predicted molar refractivity (Wildman–Crippen MR) is 68.8 cm³/mol. The summed E-state index contributed by atoms with van der Waals surface area (Å²) in [5, 5.41) is 11.6. The van der Waals surface area contributed by atoms with Gasteiger partial charge in [0.15, 0.2) is 0 Å². The van der Waals surface area contributed by atoms with Crippen molar-refractivity contribution in [1.29, 1.82) is 0 Å². The van der Waals surface area contributed by atoms with Crippen LogP contribution >= 0.6 is 0 Å². The maximum atomic E-state index is 11.8. The van der Waals surface area contributed by atoms with E-state index >= 15 is 0 Å². The van der Waals surface area contributed by atoms with Crippen LogP contribution in [0.25, 0.3) is 0 Å². The van der Waals surface area contributed by atoms with Gasteiger partial charge in [-0.1, -0.05) is 12.1 Å². The number of amides is 1. The first kappa shape index (κ1) is 13.4. The van der Waals surface area contributed by atoms with Gasteiger partial charge in [0.2, 0.25) is 5.91 Å². The molecule has 1 fully saturated rings. The Hall–Kier alpha value is -2.04. The Morgan fingerprint density at radius 2 is 1.95 bits per heavy atom. The number of carboxylic acid groups (broad SMARTS) is 1. The minimum Gasteiger partial charge on any atom is -0.497 e. The number of carboxylic acids is 1. The fraction of sp³-hybridized carbons (Fsp3) is 0.429. The molecule has 0 saturated heterocycles. The third-order valence-electron chi connectivity index (χ3n) is 3.42. The second-order valence-corrected chi connectivity index (χ2v) is 4.79. The van der Waals surface area contributed by atoms with Gasteiger partial charge in [0.25, 0.3) is 0 Å². The van der Waals surface area contributed by atoms with E-state index in [9.17, 15) is 9.59 Å². The van der Waals surface area contributed by atoms with Gasteiger partial charge in [-0.15, -0.1) is 0 Å². The molecule has 1 aromatic rings. The molecule has 0 spiro atoms. The highest BCUT2D eigenvalue weighted by Gasteiger charge is 2.48. The molecule has 2 N–H and O–H groups in total. The molecule has 1 aromatic carbocycles. The second-order valence-electron chi connectivity index (χ2n) is 4.79. The Balaban J connectivity index is 1.91. The molecule has 2 rings (SSSR count). The average Bonchev–Trinajstić information content (AvgIpc) is 3.19. The number of ether oxygens (including phenoxy) is 1. The van der Waals surface area contributed by atoms with Crippen LogP contribution < -0.4 is 10.1 Å². The highest BCUT2D eigenvalue weighted by molar-refractivity contribution is 5.89. The monoisotopic (exact) mass is 263 g/mol.